The van der Waals surface area contributed by atoms with E-state index in [1.54, 1.807) is 12.1 Å². The van der Waals surface area contributed by atoms with Gasteiger partial charge in [0.2, 0.25) is 5.91 Å². The summed E-state index contributed by atoms with van der Waals surface area (Å²) in [7, 11) is 0. The number of nitrogens with one attached hydrogen (secondary N) is 2. The molecule has 3 N–H and O–H groups in total. The second-order valence-corrected chi connectivity index (χ2v) is 4.62. The van der Waals surface area contributed by atoms with Crippen LogP contribution < -0.4 is 10.6 Å². The van der Waals surface area contributed by atoms with Crippen molar-refractivity contribution in [2.45, 2.75) is 39.3 Å². The normalized spacial score (nSPS) is 12.4. The van der Waals surface area contributed by atoms with Crippen LogP contribution in [-0.2, 0) is 4.79 Å². The molecule has 1 amide bonds. The van der Waals surface area contributed by atoms with E-state index in [0.717, 1.165) is 12.0 Å². The molecule has 0 bridgehead atoms. The van der Waals surface area contributed by atoms with Crippen molar-refractivity contribution < 1.29 is 9.90 Å². The van der Waals surface area contributed by atoms with Crippen molar-refractivity contribution in [3.63, 3.8) is 0 Å². The first-order chi connectivity index (χ1) is 8.54. The van der Waals surface area contributed by atoms with Gasteiger partial charge >= 0.3 is 0 Å². The lowest BCUT2D eigenvalue weighted by atomic mass is 10.0. The fourth-order valence-electron chi connectivity index (χ4n) is 1.85. The summed E-state index contributed by atoms with van der Waals surface area (Å²) in [6.45, 7) is 6.13. The number of hydrogen-bond acceptors (Lipinski definition) is 3. The number of rotatable bonds is 6. The van der Waals surface area contributed by atoms with Gasteiger partial charge in [-0.3, -0.25) is 4.79 Å². The van der Waals surface area contributed by atoms with E-state index in [0.29, 0.717) is 0 Å². The topological polar surface area (TPSA) is 61.4 Å². The molecule has 0 aliphatic heterocycles. The third-order valence-electron chi connectivity index (χ3n) is 2.68. The lowest BCUT2D eigenvalue weighted by Gasteiger charge is -2.18. The van der Waals surface area contributed by atoms with Crippen LogP contribution in [0.25, 0.3) is 0 Å². The summed E-state index contributed by atoms with van der Waals surface area (Å²) in [5.41, 5.74) is 0.831. The van der Waals surface area contributed by atoms with Crippen LogP contribution in [-0.4, -0.2) is 23.6 Å². The minimum atomic E-state index is -0.0288. The number of carbonyl (C=O) groups is 1. The van der Waals surface area contributed by atoms with Gasteiger partial charge in [0, 0.05) is 17.6 Å². The average molecular weight is 250 g/mol. The summed E-state index contributed by atoms with van der Waals surface area (Å²) in [5.74, 6) is 0.236. The molecule has 1 rings (SSSR count). The third-order valence-corrected chi connectivity index (χ3v) is 2.68. The summed E-state index contributed by atoms with van der Waals surface area (Å²) >= 11 is 0. The number of phenolic OH excluding ortho intramolecular Hbond substituents is 1. The first-order valence-corrected chi connectivity index (χ1v) is 6.35. The van der Waals surface area contributed by atoms with Crippen molar-refractivity contribution in [2.75, 3.05) is 6.54 Å². The van der Waals surface area contributed by atoms with Crippen molar-refractivity contribution in [3.05, 3.63) is 29.8 Å². The fraction of sp³-hybridized carbons (Fsp3) is 0.500. The van der Waals surface area contributed by atoms with E-state index in [-0.39, 0.29) is 30.3 Å². The van der Waals surface area contributed by atoms with Crippen molar-refractivity contribution in [3.8, 4) is 5.75 Å². The lowest BCUT2D eigenvalue weighted by Crippen LogP contribution is -2.38. The number of aromatic hydroxyl groups is 1. The third kappa shape index (κ3) is 4.37. The molecule has 0 radical (unpaired) electrons. The molecule has 4 nitrogen and oxygen atoms in total. The van der Waals surface area contributed by atoms with Gasteiger partial charge in [0.25, 0.3) is 0 Å². The van der Waals surface area contributed by atoms with Gasteiger partial charge in [-0.25, -0.2) is 0 Å². The number of carbonyl (C=O) groups excluding carboxylic acids is 1. The van der Waals surface area contributed by atoms with Crippen molar-refractivity contribution >= 4 is 5.91 Å². The molecule has 1 aromatic carbocycles. The zero-order valence-electron chi connectivity index (χ0n) is 11.2. The smallest absolute Gasteiger partial charge is 0.234 e. The van der Waals surface area contributed by atoms with Gasteiger partial charge < -0.3 is 15.7 Å². The van der Waals surface area contributed by atoms with Crippen LogP contribution in [0.15, 0.2) is 24.3 Å². The maximum absolute atomic E-state index is 11.6. The molecule has 4 heteroatoms. The minimum absolute atomic E-state index is 0.0101. The molecule has 0 aliphatic carbocycles. The quantitative estimate of drug-likeness (QED) is 0.723. The van der Waals surface area contributed by atoms with E-state index in [1.807, 2.05) is 32.9 Å². The molecule has 0 fully saturated rings. The van der Waals surface area contributed by atoms with Crippen LogP contribution in [0.3, 0.4) is 0 Å². The Morgan fingerprint density at radius 1 is 1.33 bits per heavy atom. The second-order valence-electron chi connectivity index (χ2n) is 4.62. The number of phenols is 1. The second kappa shape index (κ2) is 7.01. The Morgan fingerprint density at radius 3 is 2.56 bits per heavy atom. The van der Waals surface area contributed by atoms with Crippen molar-refractivity contribution in [1.82, 2.24) is 10.6 Å². The van der Waals surface area contributed by atoms with Gasteiger partial charge in [0.15, 0.2) is 0 Å². The number of hydrogen-bond donors (Lipinski definition) is 3. The van der Waals surface area contributed by atoms with Crippen LogP contribution >= 0.6 is 0 Å². The molecule has 0 saturated heterocycles. The molecular weight excluding hydrogens is 228 g/mol. The fourth-order valence-corrected chi connectivity index (χ4v) is 1.85. The Morgan fingerprint density at radius 2 is 2.00 bits per heavy atom. The molecule has 0 heterocycles. The molecule has 0 saturated carbocycles. The summed E-state index contributed by atoms with van der Waals surface area (Å²) in [6, 6.07) is 7.34. The summed E-state index contributed by atoms with van der Waals surface area (Å²) in [6.07, 6.45) is 0.812. The van der Waals surface area contributed by atoms with Crippen LogP contribution in [0, 0.1) is 0 Å². The van der Waals surface area contributed by atoms with Gasteiger partial charge in [-0.2, -0.15) is 0 Å². The molecule has 0 aliphatic rings. The molecule has 1 atom stereocenters. The van der Waals surface area contributed by atoms with Gasteiger partial charge in [-0.1, -0.05) is 25.1 Å². The summed E-state index contributed by atoms with van der Waals surface area (Å²) in [4.78, 5) is 11.6. The first kappa shape index (κ1) is 14.5. The predicted octanol–water partition coefficient (Wildman–Crippen LogP) is 1.96. The van der Waals surface area contributed by atoms with E-state index in [2.05, 4.69) is 10.6 Å². The van der Waals surface area contributed by atoms with Crippen LogP contribution in [0.4, 0.5) is 0 Å². The number of benzene rings is 1. The monoisotopic (exact) mass is 250 g/mol. The Bertz CT molecular complexity index is 391. The molecule has 1 aromatic rings. The molecule has 1 unspecified atom stereocenters. The van der Waals surface area contributed by atoms with Crippen molar-refractivity contribution in [2.24, 2.45) is 0 Å². The highest BCUT2D eigenvalue weighted by molar-refractivity contribution is 5.78. The minimum Gasteiger partial charge on any atom is -0.508 e. The Balaban J connectivity index is 2.58. The summed E-state index contributed by atoms with van der Waals surface area (Å²) in [5, 5.41) is 15.8. The zero-order valence-corrected chi connectivity index (χ0v) is 11.2. The number of para-hydroxylation sites is 1. The molecular formula is C14H22N2O2. The summed E-state index contributed by atoms with van der Waals surface area (Å²) < 4.78 is 0. The van der Waals surface area contributed by atoms with E-state index < -0.39 is 0 Å². The van der Waals surface area contributed by atoms with Gasteiger partial charge in [0.05, 0.1) is 6.54 Å². The van der Waals surface area contributed by atoms with Crippen LogP contribution in [0.5, 0.6) is 5.75 Å². The van der Waals surface area contributed by atoms with E-state index in [9.17, 15) is 9.90 Å². The highest BCUT2D eigenvalue weighted by atomic mass is 16.3. The van der Waals surface area contributed by atoms with Crippen LogP contribution in [0.1, 0.15) is 38.8 Å². The zero-order chi connectivity index (χ0) is 13.5. The SMILES string of the molecule is CCC(NCC(=O)NC(C)C)c1ccccc1O. The standard InChI is InChI=1S/C14H22N2O2/c1-4-12(11-7-5-6-8-13(11)17)15-9-14(18)16-10(2)3/h5-8,10,12,15,17H,4,9H2,1-3H3,(H,16,18). The highest BCUT2D eigenvalue weighted by Gasteiger charge is 2.14. The molecule has 18 heavy (non-hydrogen) atoms. The van der Waals surface area contributed by atoms with Crippen molar-refractivity contribution in [1.29, 1.82) is 0 Å². The Kier molecular flexibility index (Phi) is 5.65. The predicted molar refractivity (Wildman–Crippen MR) is 72.4 cm³/mol. The van der Waals surface area contributed by atoms with E-state index in [1.165, 1.54) is 0 Å². The lowest BCUT2D eigenvalue weighted by molar-refractivity contribution is -0.120. The number of amides is 1. The first-order valence-electron chi connectivity index (χ1n) is 6.35. The van der Waals surface area contributed by atoms with Gasteiger partial charge in [-0.05, 0) is 26.3 Å². The molecule has 100 valence electrons. The van der Waals surface area contributed by atoms with Crippen LogP contribution in [0.2, 0.25) is 0 Å². The Hall–Kier alpha value is -1.55. The van der Waals surface area contributed by atoms with Gasteiger partial charge in [-0.15, -0.1) is 0 Å². The maximum atomic E-state index is 11.6. The van der Waals surface area contributed by atoms with E-state index in [4.69, 9.17) is 0 Å². The largest absolute Gasteiger partial charge is 0.508 e. The Labute approximate surface area is 108 Å². The highest BCUT2D eigenvalue weighted by Crippen LogP contribution is 2.25. The van der Waals surface area contributed by atoms with E-state index >= 15 is 0 Å². The van der Waals surface area contributed by atoms with Gasteiger partial charge in [0.1, 0.15) is 5.75 Å². The average Bonchev–Trinajstić information content (AvgIpc) is 2.31. The molecule has 0 spiro atoms. The molecule has 0 aromatic heterocycles. The maximum Gasteiger partial charge on any atom is 0.234 e.